The Hall–Kier alpha value is -0.480. The van der Waals surface area contributed by atoms with Crippen LogP contribution in [0.5, 0.6) is 0 Å². The lowest BCUT2D eigenvalue weighted by Crippen LogP contribution is -2.44. The van der Waals surface area contributed by atoms with Crippen molar-refractivity contribution in [3.63, 3.8) is 0 Å². The highest BCUT2D eigenvalue weighted by atomic mass is 35.5. The minimum Gasteiger partial charge on any atom is -0.363 e. The second-order valence-corrected chi connectivity index (χ2v) is 6.28. The van der Waals surface area contributed by atoms with Gasteiger partial charge >= 0.3 is 0 Å². The Bertz CT molecular complexity index is 402. The first-order valence-corrected chi connectivity index (χ1v) is 8.13. The van der Waals surface area contributed by atoms with Crippen LogP contribution in [0.1, 0.15) is 32.6 Å². The maximum Gasteiger partial charge on any atom is 0.130 e. The minimum absolute atomic E-state index is 0.00323. The summed E-state index contributed by atoms with van der Waals surface area (Å²) in [4.78, 5) is 8.50. The number of halogens is 1. The van der Waals surface area contributed by atoms with Crippen LogP contribution < -0.4 is 5.32 Å². The van der Waals surface area contributed by atoms with Gasteiger partial charge in [0.2, 0.25) is 0 Å². The standard InChI is InChI=1S/C13H20ClN3S/c1-10-4-3-5-13(7-10,8-14)17-11-6-12(18-2)16-9-15-11/h6,9-10H,3-5,7-8H2,1-2H3,(H,15,16,17). The van der Waals surface area contributed by atoms with E-state index in [2.05, 4.69) is 22.2 Å². The fourth-order valence-corrected chi connectivity index (χ4v) is 3.41. The van der Waals surface area contributed by atoms with Gasteiger partial charge in [0.1, 0.15) is 17.2 Å². The van der Waals surface area contributed by atoms with E-state index in [1.807, 2.05) is 12.3 Å². The molecule has 0 aliphatic heterocycles. The first-order chi connectivity index (χ1) is 8.67. The van der Waals surface area contributed by atoms with Gasteiger partial charge < -0.3 is 5.32 Å². The van der Waals surface area contributed by atoms with Gasteiger partial charge in [-0.05, 0) is 25.0 Å². The van der Waals surface area contributed by atoms with Gasteiger partial charge in [-0.2, -0.15) is 0 Å². The number of anilines is 1. The van der Waals surface area contributed by atoms with E-state index >= 15 is 0 Å². The summed E-state index contributed by atoms with van der Waals surface area (Å²) in [5, 5.41) is 4.54. The molecule has 1 aliphatic carbocycles. The molecule has 18 heavy (non-hydrogen) atoms. The molecule has 2 atom stereocenters. The molecular weight excluding hydrogens is 266 g/mol. The predicted octanol–water partition coefficient (Wildman–Crippen LogP) is 3.80. The molecule has 0 aromatic carbocycles. The van der Waals surface area contributed by atoms with Crippen molar-refractivity contribution in [1.29, 1.82) is 0 Å². The number of aromatic nitrogens is 2. The van der Waals surface area contributed by atoms with E-state index in [9.17, 15) is 0 Å². The zero-order valence-electron chi connectivity index (χ0n) is 10.9. The molecular formula is C13H20ClN3S. The number of rotatable bonds is 4. The van der Waals surface area contributed by atoms with Gasteiger partial charge in [-0.1, -0.05) is 19.8 Å². The summed E-state index contributed by atoms with van der Waals surface area (Å²) in [5.41, 5.74) is 0.00323. The summed E-state index contributed by atoms with van der Waals surface area (Å²) in [5.74, 6) is 2.26. The predicted molar refractivity (Wildman–Crippen MR) is 78.5 cm³/mol. The van der Waals surface area contributed by atoms with E-state index in [-0.39, 0.29) is 5.54 Å². The Labute approximate surface area is 118 Å². The lowest BCUT2D eigenvalue weighted by molar-refractivity contribution is 0.279. The summed E-state index contributed by atoms with van der Waals surface area (Å²) in [7, 11) is 0. The summed E-state index contributed by atoms with van der Waals surface area (Å²) < 4.78 is 0. The Morgan fingerprint density at radius 3 is 3.06 bits per heavy atom. The van der Waals surface area contributed by atoms with Gasteiger partial charge in [0, 0.05) is 11.9 Å². The smallest absolute Gasteiger partial charge is 0.130 e. The van der Waals surface area contributed by atoms with Gasteiger partial charge in [0.05, 0.1) is 5.54 Å². The molecule has 0 amide bonds. The number of thioether (sulfide) groups is 1. The van der Waals surface area contributed by atoms with Gasteiger partial charge in [0.25, 0.3) is 0 Å². The molecule has 1 aromatic rings. The van der Waals surface area contributed by atoms with Crippen LogP contribution in [0.3, 0.4) is 0 Å². The summed E-state index contributed by atoms with van der Waals surface area (Å²) in [6.45, 7) is 2.30. The molecule has 1 heterocycles. The maximum absolute atomic E-state index is 6.21. The maximum atomic E-state index is 6.21. The third-order valence-electron chi connectivity index (χ3n) is 3.59. The quantitative estimate of drug-likeness (QED) is 0.519. The number of alkyl halides is 1. The van der Waals surface area contributed by atoms with Crippen LogP contribution in [0.25, 0.3) is 0 Å². The van der Waals surface area contributed by atoms with Gasteiger partial charge in [-0.3, -0.25) is 0 Å². The van der Waals surface area contributed by atoms with Gasteiger partial charge in [0.15, 0.2) is 0 Å². The molecule has 1 aliphatic rings. The Morgan fingerprint density at radius 1 is 1.56 bits per heavy atom. The van der Waals surface area contributed by atoms with E-state index < -0.39 is 0 Å². The molecule has 0 radical (unpaired) electrons. The van der Waals surface area contributed by atoms with Crippen molar-refractivity contribution in [1.82, 2.24) is 9.97 Å². The Morgan fingerprint density at radius 2 is 2.39 bits per heavy atom. The highest BCUT2D eigenvalue weighted by molar-refractivity contribution is 7.98. The second kappa shape index (κ2) is 6.11. The highest BCUT2D eigenvalue weighted by Crippen LogP contribution is 2.35. The molecule has 0 spiro atoms. The van der Waals surface area contributed by atoms with E-state index in [4.69, 9.17) is 11.6 Å². The van der Waals surface area contributed by atoms with Gasteiger partial charge in [-0.25, -0.2) is 9.97 Å². The third-order valence-corrected chi connectivity index (χ3v) is 4.74. The lowest BCUT2D eigenvalue weighted by atomic mass is 9.77. The molecule has 1 aromatic heterocycles. The molecule has 2 rings (SSSR count). The number of hydrogen-bond acceptors (Lipinski definition) is 4. The van der Waals surface area contributed by atoms with Crippen LogP contribution in [0.2, 0.25) is 0 Å². The van der Waals surface area contributed by atoms with Crippen molar-refractivity contribution in [2.24, 2.45) is 5.92 Å². The van der Waals surface area contributed by atoms with Crippen LogP contribution >= 0.6 is 23.4 Å². The highest BCUT2D eigenvalue weighted by Gasteiger charge is 2.34. The number of nitrogens with zero attached hydrogens (tertiary/aromatic N) is 2. The molecule has 0 saturated heterocycles. The van der Waals surface area contributed by atoms with E-state index in [1.54, 1.807) is 18.1 Å². The SMILES string of the molecule is CSc1cc(NC2(CCl)CCCC(C)C2)ncn1. The van der Waals surface area contributed by atoms with Crippen LogP contribution in [0.4, 0.5) is 5.82 Å². The lowest BCUT2D eigenvalue weighted by Gasteiger charge is -2.39. The van der Waals surface area contributed by atoms with Crippen LogP contribution in [0.15, 0.2) is 17.4 Å². The number of nitrogens with one attached hydrogen (secondary N) is 1. The summed E-state index contributed by atoms with van der Waals surface area (Å²) in [6, 6.07) is 2.00. The molecule has 0 bridgehead atoms. The molecule has 3 nitrogen and oxygen atoms in total. The van der Waals surface area contributed by atoms with Crippen LogP contribution in [-0.2, 0) is 0 Å². The Kier molecular flexibility index (Phi) is 4.73. The molecule has 5 heteroatoms. The van der Waals surface area contributed by atoms with Crippen molar-refractivity contribution >= 4 is 29.2 Å². The van der Waals surface area contributed by atoms with Crippen LogP contribution in [-0.4, -0.2) is 27.6 Å². The van der Waals surface area contributed by atoms with Gasteiger partial charge in [-0.15, -0.1) is 23.4 Å². The fraction of sp³-hybridized carbons (Fsp3) is 0.692. The zero-order valence-corrected chi connectivity index (χ0v) is 12.5. The van der Waals surface area contributed by atoms with E-state index in [0.717, 1.165) is 29.6 Å². The third kappa shape index (κ3) is 3.29. The van der Waals surface area contributed by atoms with Crippen molar-refractivity contribution in [3.05, 3.63) is 12.4 Å². The normalized spacial score (nSPS) is 28.1. The molecule has 1 N–H and O–H groups in total. The molecule has 1 saturated carbocycles. The second-order valence-electron chi connectivity index (χ2n) is 5.19. The molecule has 1 fully saturated rings. The van der Waals surface area contributed by atoms with Crippen molar-refractivity contribution in [2.45, 2.75) is 43.2 Å². The molecule has 2 unspecified atom stereocenters. The van der Waals surface area contributed by atoms with Crippen molar-refractivity contribution in [3.8, 4) is 0 Å². The average Bonchev–Trinajstić information content (AvgIpc) is 2.39. The van der Waals surface area contributed by atoms with E-state index in [1.165, 1.54) is 12.8 Å². The topological polar surface area (TPSA) is 37.8 Å². The van der Waals surface area contributed by atoms with E-state index in [0.29, 0.717) is 5.88 Å². The Balaban J connectivity index is 2.13. The first-order valence-electron chi connectivity index (χ1n) is 6.38. The summed E-state index contributed by atoms with van der Waals surface area (Å²) in [6.07, 6.45) is 8.42. The largest absolute Gasteiger partial charge is 0.363 e. The van der Waals surface area contributed by atoms with Crippen LogP contribution in [0, 0.1) is 5.92 Å². The average molecular weight is 286 g/mol. The molecule has 100 valence electrons. The summed E-state index contributed by atoms with van der Waals surface area (Å²) >= 11 is 7.84. The minimum atomic E-state index is 0.00323. The number of hydrogen-bond donors (Lipinski definition) is 1. The van der Waals surface area contributed by atoms with Crippen molar-refractivity contribution < 1.29 is 0 Å². The fourth-order valence-electron chi connectivity index (χ4n) is 2.72. The zero-order chi connectivity index (χ0) is 13.0. The first kappa shape index (κ1) is 13.9. The monoisotopic (exact) mass is 285 g/mol. The van der Waals surface area contributed by atoms with Crippen molar-refractivity contribution in [2.75, 3.05) is 17.5 Å².